The van der Waals surface area contributed by atoms with Gasteiger partial charge in [-0.15, -0.1) is 12.4 Å². The lowest BCUT2D eigenvalue weighted by Crippen LogP contribution is -2.57. The maximum atomic E-state index is 12.2. The van der Waals surface area contributed by atoms with Crippen molar-refractivity contribution in [2.45, 2.75) is 44.2 Å². The first kappa shape index (κ1) is 19.3. The van der Waals surface area contributed by atoms with Crippen LogP contribution >= 0.6 is 12.4 Å². The van der Waals surface area contributed by atoms with Crippen molar-refractivity contribution in [1.29, 1.82) is 0 Å². The highest BCUT2D eigenvalue weighted by Gasteiger charge is 2.35. The molecule has 1 atom stereocenters. The summed E-state index contributed by atoms with van der Waals surface area (Å²) in [6.45, 7) is 2.10. The van der Waals surface area contributed by atoms with Crippen molar-refractivity contribution in [3.05, 3.63) is 30.3 Å². The van der Waals surface area contributed by atoms with Crippen molar-refractivity contribution < 1.29 is 9.59 Å². The summed E-state index contributed by atoms with van der Waals surface area (Å²) in [5, 5.41) is 8.34. The molecule has 0 radical (unpaired) electrons. The number of halogens is 1. The van der Waals surface area contributed by atoms with Crippen molar-refractivity contribution in [2.24, 2.45) is 5.73 Å². The normalized spacial score (nSPS) is 16.8. The van der Waals surface area contributed by atoms with Gasteiger partial charge in [0.2, 0.25) is 5.91 Å². The average molecular weight is 341 g/mol. The van der Waals surface area contributed by atoms with E-state index >= 15 is 0 Å². The van der Waals surface area contributed by atoms with Crippen LogP contribution in [-0.4, -0.2) is 30.1 Å². The highest BCUT2D eigenvalue weighted by atomic mass is 35.5. The fourth-order valence-corrected chi connectivity index (χ4v) is 2.75. The predicted octanol–water partition coefficient (Wildman–Crippen LogP) is 2.01. The molecule has 1 aromatic rings. The van der Waals surface area contributed by atoms with Crippen LogP contribution in [-0.2, 0) is 4.79 Å². The Labute approximate surface area is 143 Å². The van der Waals surface area contributed by atoms with E-state index < -0.39 is 12.1 Å². The third-order valence-electron chi connectivity index (χ3n) is 4.11. The van der Waals surface area contributed by atoms with Crippen LogP contribution in [0.3, 0.4) is 0 Å². The number of hydrogen-bond donors (Lipinski definition) is 4. The molecule has 2 rings (SSSR count). The van der Waals surface area contributed by atoms with Crippen LogP contribution in [0.1, 0.15) is 32.6 Å². The second kappa shape index (κ2) is 8.74. The van der Waals surface area contributed by atoms with Gasteiger partial charge in [0.25, 0.3) is 0 Å². The standard InChI is InChI=1S/C16H24N4O2.ClH/c1-12(14(21)20-16(11-17)9-5-6-10-16)18-15(22)19-13-7-3-2-4-8-13;/h2-4,7-8,12H,5-6,9-11,17H2,1H3,(H,20,21)(H2,18,19,22);1H. The van der Waals surface area contributed by atoms with Gasteiger partial charge in [0.05, 0.1) is 5.54 Å². The molecule has 1 aliphatic rings. The Hall–Kier alpha value is -1.79. The summed E-state index contributed by atoms with van der Waals surface area (Å²) in [6, 6.07) is 8.08. The molecule has 23 heavy (non-hydrogen) atoms. The van der Waals surface area contributed by atoms with Crippen LogP contribution in [0.4, 0.5) is 10.5 Å². The second-order valence-corrected chi connectivity index (χ2v) is 5.87. The molecular formula is C16H25ClN4O2. The lowest BCUT2D eigenvalue weighted by molar-refractivity contribution is -0.124. The number of para-hydroxylation sites is 1. The van der Waals surface area contributed by atoms with E-state index in [0.717, 1.165) is 25.7 Å². The number of amides is 3. The van der Waals surface area contributed by atoms with E-state index in [9.17, 15) is 9.59 Å². The maximum absolute atomic E-state index is 12.2. The number of nitrogens with two attached hydrogens (primary N) is 1. The number of carbonyl (C=O) groups excluding carboxylic acids is 2. The fraction of sp³-hybridized carbons (Fsp3) is 0.500. The first-order valence-electron chi connectivity index (χ1n) is 7.69. The van der Waals surface area contributed by atoms with Gasteiger partial charge in [0.15, 0.2) is 0 Å². The molecule has 3 amide bonds. The Balaban J connectivity index is 0.00000264. The Kier molecular flexibility index (Phi) is 7.32. The predicted molar refractivity (Wildman–Crippen MR) is 93.7 cm³/mol. The summed E-state index contributed by atoms with van der Waals surface area (Å²) in [7, 11) is 0. The lowest BCUT2D eigenvalue weighted by Gasteiger charge is -2.30. The van der Waals surface area contributed by atoms with Crippen molar-refractivity contribution in [3.63, 3.8) is 0 Å². The molecule has 0 bridgehead atoms. The van der Waals surface area contributed by atoms with Crippen LogP contribution in [0.5, 0.6) is 0 Å². The molecule has 1 saturated carbocycles. The van der Waals surface area contributed by atoms with Crippen molar-refractivity contribution in [2.75, 3.05) is 11.9 Å². The zero-order valence-electron chi connectivity index (χ0n) is 13.3. The summed E-state index contributed by atoms with van der Waals surface area (Å²) in [5.74, 6) is -0.199. The van der Waals surface area contributed by atoms with E-state index in [1.165, 1.54) is 0 Å². The molecule has 6 nitrogen and oxygen atoms in total. The molecule has 0 heterocycles. The number of urea groups is 1. The van der Waals surface area contributed by atoms with E-state index in [1.54, 1.807) is 19.1 Å². The van der Waals surface area contributed by atoms with Gasteiger partial charge in [0.1, 0.15) is 6.04 Å². The molecule has 0 aliphatic heterocycles. The molecule has 1 unspecified atom stereocenters. The summed E-state index contributed by atoms with van der Waals surface area (Å²) in [5.41, 5.74) is 6.19. The molecule has 128 valence electrons. The number of rotatable bonds is 5. The maximum Gasteiger partial charge on any atom is 0.319 e. The summed E-state index contributed by atoms with van der Waals surface area (Å²) >= 11 is 0. The fourth-order valence-electron chi connectivity index (χ4n) is 2.75. The number of carbonyl (C=O) groups is 2. The van der Waals surface area contributed by atoms with Gasteiger partial charge in [-0.25, -0.2) is 4.79 Å². The van der Waals surface area contributed by atoms with Gasteiger partial charge >= 0.3 is 6.03 Å². The van der Waals surface area contributed by atoms with Crippen molar-refractivity contribution >= 4 is 30.0 Å². The molecule has 5 N–H and O–H groups in total. The molecule has 0 aromatic heterocycles. The minimum Gasteiger partial charge on any atom is -0.348 e. The minimum absolute atomic E-state index is 0. The van der Waals surface area contributed by atoms with E-state index in [0.29, 0.717) is 12.2 Å². The van der Waals surface area contributed by atoms with Crippen molar-refractivity contribution in [3.8, 4) is 0 Å². The average Bonchev–Trinajstić information content (AvgIpc) is 2.97. The summed E-state index contributed by atoms with van der Waals surface area (Å²) in [6.07, 6.45) is 3.96. The SMILES string of the molecule is CC(NC(=O)Nc1ccccc1)C(=O)NC1(CN)CCCC1.Cl. The summed E-state index contributed by atoms with van der Waals surface area (Å²) in [4.78, 5) is 24.1. The smallest absolute Gasteiger partial charge is 0.319 e. The first-order valence-corrected chi connectivity index (χ1v) is 7.69. The van der Waals surface area contributed by atoms with E-state index in [4.69, 9.17) is 5.73 Å². The molecule has 0 spiro atoms. The van der Waals surface area contributed by atoms with Gasteiger partial charge < -0.3 is 21.7 Å². The molecule has 1 aliphatic carbocycles. The highest BCUT2D eigenvalue weighted by molar-refractivity contribution is 5.93. The zero-order valence-corrected chi connectivity index (χ0v) is 14.1. The molecule has 1 fully saturated rings. The van der Waals surface area contributed by atoms with E-state index in [-0.39, 0.29) is 23.9 Å². The Morgan fingerprint density at radius 3 is 2.39 bits per heavy atom. The molecule has 0 saturated heterocycles. The quantitative estimate of drug-likeness (QED) is 0.660. The van der Waals surface area contributed by atoms with Gasteiger partial charge in [-0.1, -0.05) is 31.0 Å². The highest BCUT2D eigenvalue weighted by Crippen LogP contribution is 2.28. The van der Waals surface area contributed by atoms with Gasteiger partial charge in [-0.3, -0.25) is 4.79 Å². The topological polar surface area (TPSA) is 96.2 Å². The van der Waals surface area contributed by atoms with Crippen LogP contribution in [0.25, 0.3) is 0 Å². The third kappa shape index (κ3) is 5.41. The van der Waals surface area contributed by atoms with E-state index in [1.807, 2.05) is 18.2 Å². The van der Waals surface area contributed by atoms with Crippen LogP contribution in [0, 0.1) is 0 Å². The van der Waals surface area contributed by atoms with Crippen LogP contribution < -0.4 is 21.7 Å². The Morgan fingerprint density at radius 2 is 1.83 bits per heavy atom. The number of hydrogen-bond acceptors (Lipinski definition) is 3. The minimum atomic E-state index is -0.618. The third-order valence-corrected chi connectivity index (χ3v) is 4.11. The van der Waals surface area contributed by atoms with Gasteiger partial charge in [0, 0.05) is 12.2 Å². The Bertz CT molecular complexity index is 518. The molecular weight excluding hydrogens is 316 g/mol. The lowest BCUT2D eigenvalue weighted by atomic mass is 9.97. The zero-order chi connectivity index (χ0) is 16.0. The van der Waals surface area contributed by atoms with Gasteiger partial charge in [-0.05, 0) is 31.9 Å². The summed E-state index contributed by atoms with van der Waals surface area (Å²) < 4.78 is 0. The first-order chi connectivity index (χ1) is 10.5. The number of anilines is 1. The molecule has 1 aromatic carbocycles. The monoisotopic (exact) mass is 340 g/mol. The number of benzene rings is 1. The second-order valence-electron chi connectivity index (χ2n) is 5.87. The van der Waals surface area contributed by atoms with Crippen LogP contribution in [0.15, 0.2) is 30.3 Å². The van der Waals surface area contributed by atoms with E-state index in [2.05, 4.69) is 16.0 Å². The molecule has 7 heteroatoms. The van der Waals surface area contributed by atoms with Gasteiger partial charge in [-0.2, -0.15) is 0 Å². The largest absolute Gasteiger partial charge is 0.348 e. The number of nitrogens with one attached hydrogen (secondary N) is 3. The van der Waals surface area contributed by atoms with Crippen molar-refractivity contribution in [1.82, 2.24) is 10.6 Å². The van der Waals surface area contributed by atoms with Crippen LogP contribution in [0.2, 0.25) is 0 Å². The Morgan fingerprint density at radius 1 is 1.22 bits per heavy atom.